The van der Waals surface area contributed by atoms with Crippen molar-refractivity contribution in [1.82, 2.24) is 5.32 Å². The Morgan fingerprint density at radius 1 is 1.41 bits per heavy atom. The predicted molar refractivity (Wildman–Crippen MR) is 70.3 cm³/mol. The Bertz CT molecular complexity index is 394. The van der Waals surface area contributed by atoms with Gasteiger partial charge in [0.25, 0.3) is 0 Å². The molecule has 1 N–H and O–H groups in total. The van der Waals surface area contributed by atoms with Crippen molar-refractivity contribution in [2.45, 2.75) is 39.2 Å². The molecule has 0 spiro atoms. The molecule has 0 heterocycles. The van der Waals surface area contributed by atoms with Crippen LogP contribution in [0.15, 0.2) is 24.1 Å². The highest BCUT2D eigenvalue weighted by molar-refractivity contribution is 7.94. The van der Waals surface area contributed by atoms with Crippen LogP contribution in [0.4, 0.5) is 0 Å². The summed E-state index contributed by atoms with van der Waals surface area (Å²) in [6.45, 7) is 8.76. The van der Waals surface area contributed by atoms with Crippen LogP contribution in [0.3, 0.4) is 0 Å². The second kappa shape index (κ2) is 6.59. The average Bonchev–Trinajstić information content (AvgIpc) is 2.24. The standard InChI is InChI=1S/C12H21NO3S/c1-5-11(14)13-12(3,4)9-7-8-10-17(15,16)6-2/h5,8,10H,1,6-7,9H2,2-4H3,(H,13,14)/b10-8+. The first kappa shape index (κ1) is 15.9. The highest BCUT2D eigenvalue weighted by atomic mass is 32.2. The number of carbonyl (C=O) groups is 1. The van der Waals surface area contributed by atoms with Crippen LogP contribution in [0.1, 0.15) is 33.6 Å². The third kappa shape index (κ3) is 7.74. The van der Waals surface area contributed by atoms with Gasteiger partial charge in [0.1, 0.15) is 0 Å². The van der Waals surface area contributed by atoms with Crippen LogP contribution in [-0.2, 0) is 14.6 Å². The molecule has 0 radical (unpaired) electrons. The van der Waals surface area contributed by atoms with Gasteiger partial charge in [-0.3, -0.25) is 4.79 Å². The highest BCUT2D eigenvalue weighted by Crippen LogP contribution is 2.12. The molecule has 1 amide bonds. The number of sulfone groups is 1. The largest absolute Gasteiger partial charge is 0.348 e. The number of nitrogens with one attached hydrogen (secondary N) is 1. The maximum absolute atomic E-state index is 11.2. The van der Waals surface area contributed by atoms with Gasteiger partial charge in [-0.2, -0.15) is 0 Å². The fourth-order valence-corrected chi connectivity index (χ4v) is 1.82. The van der Waals surface area contributed by atoms with Gasteiger partial charge in [0.2, 0.25) is 5.91 Å². The topological polar surface area (TPSA) is 63.2 Å². The van der Waals surface area contributed by atoms with Gasteiger partial charge in [-0.15, -0.1) is 0 Å². The summed E-state index contributed by atoms with van der Waals surface area (Å²) in [7, 11) is -3.05. The summed E-state index contributed by atoms with van der Waals surface area (Å²) in [5.41, 5.74) is -0.369. The molecule has 0 fully saturated rings. The lowest BCUT2D eigenvalue weighted by atomic mass is 9.98. The van der Waals surface area contributed by atoms with Gasteiger partial charge in [0.05, 0.1) is 5.75 Å². The zero-order valence-electron chi connectivity index (χ0n) is 10.7. The zero-order valence-corrected chi connectivity index (χ0v) is 11.5. The van der Waals surface area contributed by atoms with Crippen LogP contribution in [0.25, 0.3) is 0 Å². The first-order chi connectivity index (χ1) is 7.72. The number of amides is 1. The third-order valence-electron chi connectivity index (χ3n) is 2.29. The van der Waals surface area contributed by atoms with Gasteiger partial charge in [-0.1, -0.05) is 19.6 Å². The predicted octanol–water partition coefficient (Wildman–Crippen LogP) is 1.80. The second-order valence-electron chi connectivity index (χ2n) is 4.44. The smallest absolute Gasteiger partial charge is 0.243 e. The number of allylic oxidation sites excluding steroid dienone is 1. The van der Waals surface area contributed by atoms with E-state index >= 15 is 0 Å². The summed E-state index contributed by atoms with van der Waals surface area (Å²) < 4.78 is 22.4. The number of carbonyl (C=O) groups excluding carboxylic acids is 1. The molecule has 5 heteroatoms. The Morgan fingerprint density at radius 2 is 2.00 bits per heavy atom. The van der Waals surface area contributed by atoms with Gasteiger partial charge in [0, 0.05) is 10.9 Å². The molecular weight excluding hydrogens is 238 g/mol. The minimum absolute atomic E-state index is 0.111. The molecule has 17 heavy (non-hydrogen) atoms. The third-order valence-corrected chi connectivity index (χ3v) is 3.70. The van der Waals surface area contributed by atoms with E-state index in [1.54, 1.807) is 13.0 Å². The lowest BCUT2D eigenvalue weighted by Gasteiger charge is -2.24. The molecule has 0 aromatic carbocycles. The van der Waals surface area contributed by atoms with Crippen LogP contribution < -0.4 is 5.32 Å². The minimum atomic E-state index is -3.05. The van der Waals surface area contributed by atoms with Gasteiger partial charge in [-0.05, 0) is 32.8 Å². The van der Waals surface area contributed by atoms with E-state index < -0.39 is 9.84 Å². The quantitative estimate of drug-likeness (QED) is 0.709. The van der Waals surface area contributed by atoms with E-state index in [4.69, 9.17) is 0 Å². The second-order valence-corrected chi connectivity index (χ2v) is 6.61. The van der Waals surface area contributed by atoms with E-state index in [1.807, 2.05) is 13.8 Å². The minimum Gasteiger partial charge on any atom is -0.348 e. The molecule has 0 aliphatic carbocycles. The molecular formula is C12H21NO3S. The summed E-state index contributed by atoms with van der Waals surface area (Å²) in [5, 5.41) is 4.01. The fraction of sp³-hybridized carbons (Fsp3) is 0.583. The normalized spacial score (nSPS) is 12.6. The Balaban J connectivity index is 4.20. The molecule has 0 aromatic rings. The summed E-state index contributed by atoms with van der Waals surface area (Å²) in [6, 6.07) is 0. The highest BCUT2D eigenvalue weighted by Gasteiger charge is 2.17. The van der Waals surface area contributed by atoms with Gasteiger partial charge >= 0.3 is 0 Å². The average molecular weight is 259 g/mol. The summed E-state index contributed by atoms with van der Waals surface area (Å²) >= 11 is 0. The maximum atomic E-state index is 11.2. The monoisotopic (exact) mass is 259 g/mol. The molecule has 0 aliphatic rings. The lowest BCUT2D eigenvalue weighted by Crippen LogP contribution is -2.42. The van der Waals surface area contributed by atoms with Gasteiger partial charge in [-0.25, -0.2) is 8.42 Å². The van der Waals surface area contributed by atoms with Crippen molar-refractivity contribution < 1.29 is 13.2 Å². The van der Waals surface area contributed by atoms with Crippen LogP contribution in [0.5, 0.6) is 0 Å². The van der Waals surface area contributed by atoms with E-state index in [2.05, 4.69) is 11.9 Å². The summed E-state index contributed by atoms with van der Waals surface area (Å²) in [6.07, 6.45) is 4.12. The van der Waals surface area contributed by atoms with Crippen molar-refractivity contribution in [3.63, 3.8) is 0 Å². The summed E-state index contributed by atoms with van der Waals surface area (Å²) in [4.78, 5) is 11.1. The van der Waals surface area contributed by atoms with E-state index in [-0.39, 0.29) is 17.2 Å². The Hall–Kier alpha value is -1.10. The van der Waals surface area contributed by atoms with Crippen molar-refractivity contribution in [1.29, 1.82) is 0 Å². The van der Waals surface area contributed by atoms with Crippen molar-refractivity contribution in [2.75, 3.05) is 5.75 Å². The van der Waals surface area contributed by atoms with E-state index in [9.17, 15) is 13.2 Å². The first-order valence-electron chi connectivity index (χ1n) is 5.56. The maximum Gasteiger partial charge on any atom is 0.243 e. The molecule has 0 unspecified atom stereocenters. The van der Waals surface area contributed by atoms with Gasteiger partial charge in [0.15, 0.2) is 9.84 Å². The zero-order chi connectivity index (χ0) is 13.5. The number of rotatable bonds is 7. The Labute approximate surface area is 104 Å². The molecule has 0 bridgehead atoms. The van der Waals surface area contributed by atoms with Crippen molar-refractivity contribution >= 4 is 15.7 Å². The van der Waals surface area contributed by atoms with Gasteiger partial charge < -0.3 is 5.32 Å². The molecule has 0 atom stereocenters. The van der Waals surface area contributed by atoms with Crippen molar-refractivity contribution in [3.8, 4) is 0 Å². The molecule has 0 saturated heterocycles. The molecule has 0 aromatic heterocycles. The molecule has 0 aliphatic heterocycles. The van der Waals surface area contributed by atoms with Crippen LogP contribution in [0.2, 0.25) is 0 Å². The van der Waals surface area contributed by atoms with Crippen molar-refractivity contribution in [2.24, 2.45) is 0 Å². The van der Waals surface area contributed by atoms with Crippen LogP contribution in [0, 0.1) is 0 Å². The van der Waals surface area contributed by atoms with Crippen LogP contribution in [-0.4, -0.2) is 25.6 Å². The van der Waals surface area contributed by atoms with E-state index in [0.717, 1.165) is 0 Å². The molecule has 0 rings (SSSR count). The van der Waals surface area contributed by atoms with Crippen LogP contribution >= 0.6 is 0 Å². The van der Waals surface area contributed by atoms with E-state index in [1.165, 1.54) is 11.5 Å². The number of hydrogen-bond donors (Lipinski definition) is 1. The molecule has 4 nitrogen and oxygen atoms in total. The van der Waals surface area contributed by atoms with E-state index in [0.29, 0.717) is 12.8 Å². The lowest BCUT2D eigenvalue weighted by molar-refractivity contribution is -0.118. The fourth-order valence-electron chi connectivity index (χ4n) is 1.20. The first-order valence-corrected chi connectivity index (χ1v) is 7.28. The Kier molecular flexibility index (Phi) is 6.16. The molecule has 0 saturated carbocycles. The Morgan fingerprint density at radius 3 is 2.47 bits per heavy atom. The number of hydrogen-bond acceptors (Lipinski definition) is 3. The SMILES string of the molecule is C=CC(=O)NC(C)(C)CC/C=C/S(=O)(=O)CC. The molecule has 98 valence electrons. The van der Waals surface area contributed by atoms with Crippen molar-refractivity contribution in [3.05, 3.63) is 24.1 Å². The summed E-state index contributed by atoms with van der Waals surface area (Å²) in [5.74, 6) is -0.111.